The fourth-order valence-corrected chi connectivity index (χ4v) is 4.09. The van der Waals surface area contributed by atoms with Gasteiger partial charge in [0.1, 0.15) is 5.75 Å². The van der Waals surface area contributed by atoms with E-state index < -0.39 is 0 Å². The summed E-state index contributed by atoms with van der Waals surface area (Å²) < 4.78 is 7.36. The summed E-state index contributed by atoms with van der Waals surface area (Å²) in [5.41, 5.74) is 4.14. The zero-order chi connectivity index (χ0) is 19.5. The predicted octanol–water partition coefficient (Wildman–Crippen LogP) is 3.01. The molecule has 0 spiro atoms. The van der Waals surface area contributed by atoms with Crippen molar-refractivity contribution in [2.45, 2.75) is 31.5 Å². The van der Waals surface area contributed by atoms with Gasteiger partial charge in [0, 0.05) is 12.0 Å². The molecule has 28 heavy (non-hydrogen) atoms. The van der Waals surface area contributed by atoms with Crippen LogP contribution in [-0.4, -0.2) is 38.5 Å². The van der Waals surface area contributed by atoms with Gasteiger partial charge >= 0.3 is 0 Å². The van der Waals surface area contributed by atoms with Crippen molar-refractivity contribution in [3.8, 4) is 11.4 Å². The Labute approximate surface area is 167 Å². The molecule has 8 heteroatoms. The summed E-state index contributed by atoms with van der Waals surface area (Å²) in [6.45, 7) is 4.64. The maximum absolute atomic E-state index is 12.5. The molecule has 1 amide bonds. The molecule has 0 bridgehead atoms. The highest BCUT2D eigenvalue weighted by molar-refractivity contribution is 7.99. The standard InChI is InChI=1S/C20H21N5O2S/c1-13-6-5-7-14(2)19(13)25-20(22-23-24-25)28-12-18(26)21-16-10-11-27-17-9-4-3-8-15(16)17/h3-9,16H,10-12H2,1-2H3,(H,21,26). The number of aryl methyl sites for hydroxylation is 2. The fourth-order valence-electron chi connectivity index (χ4n) is 3.41. The Bertz CT molecular complexity index is 984. The van der Waals surface area contributed by atoms with Gasteiger partial charge in [0.2, 0.25) is 11.1 Å². The molecule has 1 N–H and O–H groups in total. The highest BCUT2D eigenvalue weighted by Gasteiger charge is 2.23. The van der Waals surface area contributed by atoms with Crippen LogP contribution in [0.25, 0.3) is 5.69 Å². The second-order valence-corrected chi connectivity index (χ2v) is 7.64. The Morgan fingerprint density at radius 2 is 2.00 bits per heavy atom. The molecule has 0 fully saturated rings. The number of hydrogen-bond donors (Lipinski definition) is 1. The lowest BCUT2D eigenvalue weighted by atomic mass is 10.0. The first-order valence-electron chi connectivity index (χ1n) is 9.12. The molecule has 0 saturated carbocycles. The minimum Gasteiger partial charge on any atom is -0.493 e. The van der Waals surface area contributed by atoms with Crippen molar-refractivity contribution in [3.05, 3.63) is 59.2 Å². The summed E-state index contributed by atoms with van der Waals surface area (Å²) in [5, 5.41) is 15.7. The third kappa shape index (κ3) is 3.73. The highest BCUT2D eigenvalue weighted by Crippen LogP contribution is 2.31. The number of aromatic nitrogens is 4. The molecule has 3 aromatic rings. The maximum Gasteiger partial charge on any atom is 0.230 e. The van der Waals surface area contributed by atoms with E-state index in [1.165, 1.54) is 11.8 Å². The predicted molar refractivity (Wildman–Crippen MR) is 107 cm³/mol. The quantitative estimate of drug-likeness (QED) is 0.669. The number of nitrogens with one attached hydrogen (secondary N) is 1. The van der Waals surface area contributed by atoms with Crippen LogP contribution < -0.4 is 10.1 Å². The third-order valence-corrected chi connectivity index (χ3v) is 5.64. The Morgan fingerprint density at radius 1 is 1.21 bits per heavy atom. The van der Waals surface area contributed by atoms with Gasteiger partial charge in [-0.1, -0.05) is 48.2 Å². The largest absolute Gasteiger partial charge is 0.493 e. The first kappa shape index (κ1) is 18.5. The molecule has 1 aliphatic heterocycles. The number of fused-ring (bicyclic) bond motifs is 1. The zero-order valence-corrected chi connectivity index (χ0v) is 16.6. The van der Waals surface area contributed by atoms with Crippen molar-refractivity contribution < 1.29 is 9.53 Å². The molecule has 0 radical (unpaired) electrons. The summed E-state index contributed by atoms with van der Waals surface area (Å²) in [7, 11) is 0. The van der Waals surface area contributed by atoms with E-state index in [2.05, 4.69) is 20.8 Å². The lowest BCUT2D eigenvalue weighted by molar-refractivity contribution is -0.119. The van der Waals surface area contributed by atoms with Crippen LogP contribution in [0, 0.1) is 13.8 Å². The van der Waals surface area contributed by atoms with E-state index in [0.717, 1.165) is 34.5 Å². The van der Waals surface area contributed by atoms with Crippen LogP contribution in [0.5, 0.6) is 5.75 Å². The average molecular weight is 395 g/mol. The number of para-hydroxylation sites is 2. The number of benzene rings is 2. The molecule has 0 saturated heterocycles. The molecule has 7 nitrogen and oxygen atoms in total. The molecule has 1 aromatic heterocycles. The molecule has 144 valence electrons. The van der Waals surface area contributed by atoms with Crippen LogP contribution in [-0.2, 0) is 4.79 Å². The SMILES string of the molecule is Cc1cccc(C)c1-n1nnnc1SCC(=O)NC1CCOc2ccccc21. The van der Waals surface area contributed by atoms with Gasteiger partial charge in [-0.3, -0.25) is 4.79 Å². The van der Waals surface area contributed by atoms with Gasteiger partial charge < -0.3 is 10.1 Å². The van der Waals surface area contributed by atoms with Gasteiger partial charge in [-0.05, 0) is 41.5 Å². The van der Waals surface area contributed by atoms with Crippen molar-refractivity contribution in [3.63, 3.8) is 0 Å². The first-order chi connectivity index (χ1) is 13.6. The van der Waals surface area contributed by atoms with E-state index in [1.54, 1.807) is 4.68 Å². The second-order valence-electron chi connectivity index (χ2n) is 6.70. The molecule has 1 aliphatic rings. The highest BCUT2D eigenvalue weighted by atomic mass is 32.2. The number of tetrazole rings is 1. The summed E-state index contributed by atoms with van der Waals surface area (Å²) in [5.74, 6) is 1.03. The Morgan fingerprint density at radius 3 is 2.82 bits per heavy atom. The first-order valence-corrected chi connectivity index (χ1v) is 10.1. The van der Waals surface area contributed by atoms with Gasteiger partial charge in [0.25, 0.3) is 0 Å². The van der Waals surface area contributed by atoms with E-state index in [-0.39, 0.29) is 17.7 Å². The lowest BCUT2D eigenvalue weighted by Gasteiger charge is -2.26. The van der Waals surface area contributed by atoms with Crippen LogP contribution >= 0.6 is 11.8 Å². The number of hydrogen-bond acceptors (Lipinski definition) is 6. The van der Waals surface area contributed by atoms with Crippen molar-refractivity contribution in [2.24, 2.45) is 0 Å². The smallest absolute Gasteiger partial charge is 0.230 e. The zero-order valence-electron chi connectivity index (χ0n) is 15.8. The Kier molecular flexibility index (Phi) is 5.29. The van der Waals surface area contributed by atoms with Crippen molar-refractivity contribution in [1.29, 1.82) is 0 Å². The van der Waals surface area contributed by atoms with Crippen LogP contribution in [0.1, 0.15) is 29.2 Å². The van der Waals surface area contributed by atoms with E-state index in [4.69, 9.17) is 4.74 Å². The van der Waals surface area contributed by atoms with Gasteiger partial charge in [-0.15, -0.1) is 5.10 Å². The van der Waals surface area contributed by atoms with Crippen molar-refractivity contribution in [1.82, 2.24) is 25.5 Å². The van der Waals surface area contributed by atoms with Gasteiger partial charge in [0.15, 0.2) is 0 Å². The Balaban J connectivity index is 1.44. The van der Waals surface area contributed by atoms with E-state index in [1.807, 2.05) is 56.3 Å². The van der Waals surface area contributed by atoms with Crippen LogP contribution in [0.4, 0.5) is 0 Å². The molecule has 1 unspecified atom stereocenters. The minimum absolute atomic E-state index is 0.0346. The number of ether oxygens (including phenoxy) is 1. The van der Waals surface area contributed by atoms with Crippen molar-refractivity contribution >= 4 is 17.7 Å². The van der Waals surface area contributed by atoms with E-state index in [0.29, 0.717) is 11.8 Å². The number of carbonyl (C=O) groups is 1. The summed E-state index contributed by atoms with van der Waals surface area (Å²) in [6.07, 6.45) is 0.758. The number of amides is 1. The maximum atomic E-state index is 12.5. The second kappa shape index (κ2) is 8.02. The lowest BCUT2D eigenvalue weighted by Crippen LogP contribution is -2.33. The molecule has 1 atom stereocenters. The topological polar surface area (TPSA) is 81.9 Å². The molecule has 4 rings (SSSR count). The van der Waals surface area contributed by atoms with Gasteiger partial charge in [-0.2, -0.15) is 4.68 Å². The molecular formula is C20H21N5O2S. The van der Waals surface area contributed by atoms with Crippen LogP contribution in [0.2, 0.25) is 0 Å². The molecule has 2 aromatic carbocycles. The van der Waals surface area contributed by atoms with Crippen LogP contribution in [0.15, 0.2) is 47.6 Å². The van der Waals surface area contributed by atoms with Gasteiger partial charge in [0.05, 0.1) is 24.1 Å². The van der Waals surface area contributed by atoms with Gasteiger partial charge in [-0.25, -0.2) is 0 Å². The summed E-state index contributed by atoms with van der Waals surface area (Å²) >= 11 is 1.33. The number of nitrogens with zero attached hydrogens (tertiary/aromatic N) is 4. The summed E-state index contributed by atoms with van der Waals surface area (Å²) in [6, 6.07) is 13.8. The minimum atomic E-state index is -0.0530. The van der Waals surface area contributed by atoms with E-state index >= 15 is 0 Å². The number of carbonyl (C=O) groups excluding carboxylic acids is 1. The Hall–Kier alpha value is -2.87. The fraction of sp³-hybridized carbons (Fsp3) is 0.300. The van der Waals surface area contributed by atoms with E-state index in [9.17, 15) is 4.79 Å². The van der Waals surface area contributed by atoms with Crippen LogP contribution in [0.3, 0.4) is 0 Å². The summed E-state index contributed by atoms with van der Waals surface area (Å²) in [4.78, 5) is 12.5. The number of rotatable bonds is 5. The average Bonchev–Trinajstić information content (AvgIpc) is 3.15. The van der Waals surface area contributed by atoms with Crippen molar-refractivity contribution in [2.75, 3.05) is 12.4 Å². The third-order valence-electron chi connectivity index (χ3n) is 4.72. The molecule has 2 heterocycles. The molecular weight excluding hydrogens is 374 g/mol. The molecule has 0 aliphatic carbocycles. The number of thioether (sulfide) groups is 1. The monoisotopic (exact) mass is 395 g/mol. The normalized spacial score (nSPS) is 15.6.